The third-order valence-corrected chi connectivity index (χ3v) is 9.79. The topological polar surface area (TPSA) is 30.7 Å². The molecule has 0 atom stereocenters. The number of pyridine rings is 1. The summed E-state index contributed by atoms with van der Waals surface area (Å²) < 4.78 is 2.34. The molecule has 0 unspecified atom stereocenters. The van der Waals surface area contributed by atoms with E-state index in [-0.39, 0.29) is 0 Å². The standard InChI is InChI=1S/C46H29N3/c1-2-17-37(18-3-1)49-45-42(36-25-23-31-13-5-7-16-34(31)29-36)40-21-11-10-20-39(40)41(35-24-22-30-12-4-6-15-33(30)28-35)44(45)48-46(49)43-38-19-9-8-14-32(38)26-27-47-43/h1-29H. The minimum absolute atomic E-state index is 0.817. The Labute approximate surface area is 283 Å². The normalized spacial score (nSPS) is 11.7. The summed E-state index contributed by atoms with van der Waals surface area (Å²) in [7, 11) is 0. The van der Waals surface area contributed by atoms with Crippen molar-refractivity contribution in [2.75, 3.05) is 0 Å². The molecule has 3 heteroatoms. The molecule has 10 aromatic rings. The number of imidazole rings is 1. The van der Waals surface area contributed by atoms with Crippen LogP contribution in [0.1, 0.15) is 0 Å². The molecule has 0 aliphatic heterocycles. The average Bonchev–Trinajstić information content (AvgIpc) is 3.56. The first-order valence-corrected chi connectivity index (χ1v) is 16.7. The van der Waals surface area contributed by atoms with Crippen molar-refractivity contribution in [3.8, 4) is 39.5 Å². The first-order chi connectivity index (χ1) is 24.3. The highest BCUT2D eigenvalue weighted by molar-refractivity contribution is 6.21. The van der Waals surface area contributed by atoms with Gasteiger partial charge in [0.2, 0.25) is 0 Å². The highest BCUT2D eigenvalue weighted by Crippen LogP contribution is 2.47. The van der Waals surface area contributed by atoms with Gasteiger partial charge < -0.3 is 0 Å². The Bertz CT molecular complexity index is 2880. The van der Waals surface area contributed by atoms with E-state index in [4.69, 9.17) is 9.97 Å². The maximum absolute atomic E-state index is 5.66. The number of fused-ring (bicyclic) bond motifs is 5. The molecule has 0 fully saturated rings. The SMILES string of the molecule is c1ccc(-n2c(-c3nccc4ccccc34)nc3c(-c4ccc5ccccc5c4)c4ccccc4c(-c4ccc5ccccc5c4)c32)cc1. The molecule has 2 aromatic heterocycles. The molecule has 0 spiro atoms. The van der Waals surface area contributed by atoms with Crippen LogP contribution in [-0.2, 0) is 0 Å². The van der Waals surface area contributed by atoms with Crippen LogP contribution in [0.15, 0.2) is 176 Å². The van der Waals surface area contributed by atoms with Crippen molar-refractivity contribution in [2.24, 2.45) is 0 Å². The van der Waals surface area contributed by atoms with E-state index in [0.717, 1.165) is 61.3 Å². The Balaban J connectivity index is 1.44. The summed E-state index contributed by atoms with van der Waals surface area (Å²) >= 11 is 0. The van der Waals surface area contributed by atoms with E-state index in [9.17, 15) is 0 Å². The highest BCUT2D eigenvalue weighted by Gasteiger charge is 2.26. The van der Waals surface area contributed by atoms with Gasteiger partial charge >= 0.3 is 0 Å². The third kappa shape index (κ3) is 4.37. The largest absolute Gasteiger partial charge is 0.290 e. The number of aromatic nitrogens is 3. The maximum atomic E-state index is 5.66. The van der Waals surface area contributed by atoms with Crippen molar-refractivity contribution in [3.05, 3.63) is 176 Å². The lowest BCUT2D eigenvalue weighted by Crippen LogP contribution is -2.01. The summed E-state index contributed by atoms with van der Waals surface area (Å²) in [5, 5.41) is 9.40. The van der Waals surface area contributed by atoms with Crippen molar-refractivity contribution in [3.63, 3.8) is 0 Å². The molecule has 0 saturated carbocycles. The number of para-hydroxylation sites is 1. The number of rotatable bonds is 4. The maximum Gasteiger partial charge on any atom is 0.165 e. The third-order valence-electron chi connectivity index (χ3n) is 9.79. The minimum atomic E-state index is 0.817. The zero-order chi connectivity index (χ0) is 32.3. The number of nitrogens with zero attached hydrogens (tertiary/aromatic N) is 3. The van der Waals surface area contributed by atoms with Crippen LogP contribution in [0.3, 0.4) is 0 Å². The van der Waals surface area contributed by atoms with Gasteiger partial charge in [0, 0.05) is 28.4 Å². The molecule has 0 aliphatic carbocycles. The Kier molecular flexibility index (Phi) is 6.18. The van der Waals surface area contributed by atoms with E-state index >= 15 is 0 Å². The Morgan fingerprint density at radius 3 is 1.61 bits per heavy atom. The second-order valence-corrected chi connectivity index (χ2v) is 12.6. The van der Waals surface area contributed by atoms with Crippen molar-refractivity contribution < 1.29 is 0 Å². The lowest BCUT2D eigenvalue weighted by Gasteiger charge is -2.18. The Morgan fingerprint density at radius 1 is 0.408 bits per heavy atom. The smallest absolute Gasteiger partial charge is 0.165 e. The first kappa shape index (κ1) is 27.5. The lowest BCUT2D eigenvalue weighted by molar-refractivity contribution is 1.09. The molecule has 0 amide bonds. The summed E-state index contributed by atoms with van der Waals surface area (Å²) in [6.07, 6.45) is 1.90. The molecule has 0 saturated heterocycles. The lowest BCUT2D eigenvalue weighted by atomic mass is 9.89. The van der Waals surface area contributed by atoms with E-state index in [1.807, 2.05) is 6.20 Å². The van der Waals surface area contributed by atoms with E-state index < -0.39 is 0 Å². The second kappa shape index (κ2) is 11.0. The Hall–Kier alpha value is -6.58. The van der Waals surface area contributed by atoms with Crippen LogP contribution in [0.4, 0.5) is 0 Å². The van der Waals surface area contributed by atoms with Crippen LogP contribution >= 0.6 is 0 Å². The van der Waals surface area contributed by atoms with Crippen LogP contribution in [0.5, 0.6) is 0 Å². The van der Waals surface area contributed by atoms with Gasteiger partial charge in [-0.25, -0.2) is 4.98 Å². The summed E-state index contributed by atoms with van der Waals surface area (Å²) in [6, 6.07) is 60.7. The van der Waals surface area contributed by atoms with E-state index in [2.05, 4.69) is 174 Å². The summed E-state index contributed by atoms with van der Waals surface area (Å²) in [4.78, 5) is 10.7. The molecule has 49 heavy (non-hydrogen) atoms. The summed E-state index contributed by atoms with van der Waals surface area (Å²) in [5.74, 6) is 0.817. The van der Waals surface area contributed by atoms with Gasteiger partial charge in [-0.05, 0) is 79.2 Å². The number of benzene rings is 8. The van der Waals surface area contributed by atoms with E-state index in [0.29, 0.717) is 0 Å². The first-order valence-electron chi connectivity index (χ1n) is 16.7. The van der Waals surface area contributed by atoms with E-state index in [1.54, 1.807) is 0 Å². The zero-order valence-corrected chi connectivity index (χ0v) is 26.6. The minimum Gasteiger partial charge on any atom is -0.290 e. The molecule has 228 valence electrons. The van der Waals surface area contributed by atoms with Gasteiger partial charge in [-0.2, -0.15) is 0 Å². The fraction of sp³-hybridized carbons (Fsp3) is 0. The second-order valence-electron chi connectivity index (χ2n) is 12.6. The monoisotopic (exact) mass is 623 g/mol. The highest BCUT2D eigenvalue weighted by atomic mass is 15.1. The van der Waals surface area contributed by atoms with Crippen molar-refractivity contribution in [1.82, 2.24) is 14.5 Å². The van der Waals surface area contributed by atoms with Crippen LogP contribution < -0.4 is 0 Å². The molecule has 0 radical (unpaired) electrons. The van der Waals surface area contributed by atoms with Gasteiger partial charge in [0.1, 0.15) is 5.69 Å². The van der Waals surface area contributed by atoms with Gasteiger partial charge in [0.05, 0.1) is 11.0 Å². The van der Waals surface area contributed by atoms with Crippen molar-refractivity contribution in [1.29, 1.82) is 0 Å². The fourth-order valence-corrected chi connectivity index (χ4v) is 7.56. The quantitative estimate of drug-likeness (QED) is 0.195. The molecular weight excluding hydrogens is 595 g/mol. The van der Waals surface area contributed by atoms with Gasteiger partial charge in [-0.1, -0.05) is 140 Å². The summed E-state index contributed by atoms with van der Waals surface area (Å²) in [5.41, 5.74) is 8.48. The van der Waals surface area contributed by atoms with Gasteiger partial charge in [-0.3, -0.25) is 9.55 Å². The predicted octanol–water partition coefficient (Wildman–Crippen LogP) is 12.0. The molecule has 0 bridgehead atoms. The van der Waals surface area contributed by atoms with Crippen LogP contribution in [-0.4, -0.2) is 14.5 Å². The Morgan fingerprint density at radius 2 is 0.939 bits per heavy atom. The molecular formula is C46H29N3. The van der Waals surface area contributed by atoms with Crippen molar-refractivity contribution in [2.45, 2.75) is 0 Å². The zero-order valence-electron chi connectivity index (χ0n) is 26.6. The van der Waals surface area contributed by atoms with Gasteiger partial charge in [-0.15, -0.1) is 0 Å². The van der Waals surface area contributed by atoms with Gasteiger partial charge in [0.15, 0.2) is 5.82 Å². The molecule has 0 N–H and O–H groups in total. The van der Waals surface area contributed by atoms with E-state index in [1.165, 1.54) is 32.3 Å². The van der Waals surface area contributed by atoms with Gasteiger partial charge in [0.25, 0.3) is 0 Å². The molecule has 3 nitrogen and oxygen atoms in total. The number of hydrogen-bond donors (Lipinski definition) is 0. The molecule has 10 rings (SSSR count). The van der Waals surface area contributed by atoms with Crippen molar-refractivity contribution >= 4 is 54.1 Å². The fourth-order valence-electron chi connectivity index (χ4n) is 7.56. The predicted molar refractivity (Wildman–Crippen MR) is 205 cm³/mol. The van der Waals surface area contributed by atoms with Crippen LogP contribution in [0, 0.1) is 0 Å². The molecule has 0 aliphatic rings. The average molecular weight is 624 g/mol. The summed E-state index contributed by atoms with van der Waals surface area (Å²) in [6.45, 7) is 0. The van der Waals surface area contributed by atoms with Crippen LogP contribution in [0.2, 0.25) is 0 Å². The number of hydrogen-bond acceptors (Lipinski definition) is 2. The van der Waals surface area contributed by atoms with Crippen LogP contribution in [0.25, 0.3) is 93.6 Å². The molecule has 8 aromatic carbocycles. The molecule has 2 heterocycles.